The lowest BCUT2D eigenvalue weighted by Crippen LogP contribution is -2.40. The summed E-state index contributed by atoms with van der Waals surface area (Å²) in [5.74, 6) is 0. The molecule has 0 spiro atoms. The lowest BCUT2D eigenvalue weighted by molar-refractivity contribution is 0.534. The Morgan fingerprint density at radius 3 is 2.46 bits per heavy atom. The predicted octanol–water partition coefficient (Wildman–Crippen LogP) is 3.54. The maximum absolute atomic E-state index is 12.4. The average molecular weight is 414 g/mol. The second-order valence-electron chi connectivity index (χ2n) is 7.24. The second-order valence-corrected chi connectivity index (χ2v) is 9.64. The third kappa shape index (κ3) is 3.92. The second kappa shape index (κ2) is 7.58. The zero-order chi connectivity index (χ0) is 20.5. The van der Waals surface area contributed by atoms with Gasteiger partial charge < -0.3 is 4.98 Å². The minimum absolute atomic E-state index is 0.189. The largest absolute Gasteiger partial charge is 0.357 e. The van der Waals surface area contributed by atoms with Crippen LogP contribution in [0.15, 0.2) is 54.9 Å². The summed E-state index contributed by atoms with van der Waals surface area (Å²) in [6.45, 7) is 5.60. The fourth-order valence-electron chi connectivity index (χ4n) is 3.22. The summed E-state index contributed by atoms with van der Waals surface area (Å²) in [6.07, 6.45) is 3.33. The van der Waals surface area contributed by atoms with Gasteiger partial charge in [0.25, 0.3) is 0 Å². The number of benzene rings is 1. The van der Waals surface area contributed by atoms with Crippen LogP contribution in [0.4, 0.5) is 0 Å². The molecule has 1 aromatic carbocycles. The molecule has 3 N–H and O–H groups in total. The number of hydrogen-bond donors (Lipinski definition) is 2. The van der Waals surface area contributed by atoms with Crippen molar-refractivity contribution in [2.45, 2.75) is 31.9 Å². The topological polar surface area (TPSA) is 88.8 Å². The average Bonchev–Trinajstić information content (AvgIpc) is 3.01. The SMILES string of the molecule is Cc1ccc(C(=S)c2[nH]c(CC(C)(c3cccnc3)S(N)(=O)=O)cc2C)cc1. The number of nitrogens with one attached hydrogen (secondary N) is 1. The van der Waals surface area contributed by atoms with Gasteiger partial charge in [-0.15, -0.1) is 0 Å². The molecule has 0 aliphatic heterocycles. The number of sulfonamides is 1. The van der Waals surface area contributed by atoms with Crippen molar-refractivity contribution in [3.05, 3.63) is 88.5 Å². The van der Waals surface area contributed by atoms with E-state index < -0.39 is 14.8 Å². The molecule has 0 aliphatic rings. The summed E-state index contributed by atoms with van der Waals surface area (Å²) in [5.41, 5.74) is 5.18. The monoisotopic (exact) mass is 413 g/mol. The zero-order valence-corrected chi connectivity index (χ0v) is 17.7. The van der Waals surface area contributed by atoms with Crippen LogP contribution < -0.4 is 5.14 Å². The van der Waals surface area contributed by atoms with E-state index in [0.717, 1.165) is 28.1 Å². The highest BCUT2D eigenvalue weighted by molar-refractivity contribution is 7.90. The molecule has 0 saturated carbocycles. The minimum atomic E-state index is -3.89. The van der Waals surface area contributed by atoms with E-state index in [1.807, 2.05) is 44.2 Å². The molecule has 1 unspecified atom stereocenters. The molecule has 28 heavy (non-hydrogen) atoms. The summed E-state index contributed by atoms with van der Waals surface area (Å²) in [7, 11) is -3.89. The van der Waals surface area contributed by atoms with Crippen LogP contribution in [0, 0.1) is 13.8 Å². The van der Waals surface area contributed by atoms with E-state index in [4.69, 9.17) is 17.4 Å². The molecule has 2 heterocycles. The summed E-state index contributed by atoms with van der Waals surface area (Å²) in [4.78, 5) is 8.06. The van der Waals surface area contributed by atoms with E-state index in [0.29, 0.717) is 10.4 Å². The Labute approximate surface area is 171 Å². The van der Waals surface area contributed by atoms with Crippen LogP contribution >= 0.6 is 12.2 Å². The molecule has 0 fully saturated rings. The lowest BCUT2D eigenvalue weighted by Gasteiger charge is -2.27. The van der Waals surface area contributed by atoms with Crippen molar-refractivity contribution in [3.8, 4) is 0 Å². The van der Waals surface area contributed by atoms with Crippen LogP contribution in [0.3, 0.4) is 0 Å². The van der Waals surface area contributed by atoms with Gasteiger partial charge in [0.1, 0.15) is 4.75 Å². The first-order chi connectivity index (χ1) is 13.1. The van der Waals surface area contributed by atoms with Crippen LogP contribution in [0.2, 0.25) is 0 Å². The zero-order valence-electron chi connectivity index (χ0n) is 16.1. The number of H-pyrrole nitrogens is 1. The van der Waals surface area contributed by atoms with E-state index >= 15 is 0 Å². The number of nitrogens with two attached hydrogens (primary N) is 1. The fourth-order valence-corrected chi connectivity index (χ4v) is 4.37. The molecule has 0 radical (unpaired) electrons. The highest BCUT2D eigenvalue weighted by Crippen LogP contribution is 2.32. The summed E-state index contributed by atoms with van der Waals surface area (Å²) >= 11 is 5.66. The van der Waals surface area contributed by atoms with Gasteiger partial charge in [-0.05, 0) is 49.6 Å². The first-order valence-electron chi connectivity index (χ1n) is 8.84. The predicted molar refractivity (Wildman–Crippen MR) is 116 cm³/mol. The molecule has 3 rings (SSSR count). The quantitative estimate of drug-likeness (QED) is 0.478. The fraction of sp³-hybridized carbons (Fsp3) is 0.238. The first-order valence-corrected chi connectivity index (χ1v) is 10.8. The van der Waals surface area contributed by atoms with Gasteiger partial charge in [-0.3, -0.25) is 4.98 Å². The molecular weight excluding hydrogens is 390 g/mol. The Kier molecular flexibility index (Phi) is 5.52. The molecule has 0 bridgehead atoms. The van der Waals surface area contributed by atoms with Crippen LogP contribution in [-0.2, 0) is 21.2 Å². The van der Waals surface area contributed by atoms with Crippen molar-refractivity contribution in [2.24, 2.45) is 5.14 Å². The third-order valence-corrected chi connectivity index (χ3v) is 7.12. The molecular formula is C21H23N3O2S2. The Bertz CT molecular complexity index is 1100. The van der Waals surface area contributed by atoms with Gasteiger partial charge in [-0.25, -0.2) is 13.6 Å². The van der Waals surface area contributed by atoms with Gasteiger partial charge in [0.05, 0.1) is 10.6 Å². The summed E-state index contributed by atoms with van der Waals surface area (Å²) in [5, 5.41) is 5.61. The number of pyridine rings is 1. The number of aromatic amines is 1. The van der Waals surface area contributed by atoms with Crippen LogP contribution in [0.1, 0.15) is 40.6 Å². The van der Waals surface area contributed by atoms with E-state index in [-0.39, 0.29) is 6.42 Å². The van der Waals surface area contributed by atoms with Gasteiger partial charge in [0.15, 0.2) is 0 Å². The van der Waals surface area contributed by atoms with Crippen LogP contribution in [0.5, 0.6) is 0 Å². The van der Waals surface area contributed by atoms with Crippen molar-refractivity contribution in [1.29, 1.82) is 0 Å². The molecule has 1 atom stereocenters. The molecule has 0 saturated heterocycles. The summed E-state index contributed by atoms with van der Waals surface area (Å²) in [6, 6.07) is 13.4. The van der Waals surface area contributed by atoms with Crippen LogP contribution in [0.25, 0.3) is 0 Å². The van der Waals surface area contributed by atoms with E-state index in [2.05, 4.69) is 9.97 Å². The Balaban J connectivity index is 1.98. The van der Waals surface area contributed by atoms with Crippen molar-refractivity contribution >= 4 is 27.1 Å². The number of aromatic nitrogens is 2. The number of hydrogen-bond acceptors (Lipinski definition) is 4. The lowest BCUT2D eigenvalue weighted by atomic mass is 9.96. The van der Waals surface area contributed by atoms with Gasteiger partial charge in [0, 0.05) is 24.5 Å². The smallest absolute Gasteiger partial charge is 0.219 e. The molecule has 5 nitrogen and oxygen atoms in total. The maximum Gasteiger partial charge on any atom is 0.219 e. The normalized spacial score (nSPS) is 13.9. The molecule has 146 valence electrons. The van der Waals surface area contributed by atoms with Gasteiger partial charge in [0.2, 0.25) is 10.0 Å². The van der Waals surface area contributed by atoms with E-state index in [1.54, 1.807) is 25.3 Å². The Morgan fingerprint density at radius 2 is 1.89 bits per heavy atom. The van der Waals surface area contributed by atoms with E-state index in [1.165, 1.54) is 6.20 Å². The summed E-state index contributed by atoms with van der Waals surface area (Å²) < 4.78 is 23.6. The third-order valence-electron chi connectivity index (χ3n) is 5.04. The van der Waals surface area contributed by atoms with Crippen molar-refractivity contribution in [1.82, 2.24) is 9.97 Å². The Hall–Kier alpha value is -2.35. The first kappa shape index (κ1) is 20.4. The number of rotatable bonds is 6. The van der Waals surface area contributed by atoms with Crippen molar-refractivity contribution < 1.29 is 8.42 Å². The Morgan fingerprint density at radius 1 is 1.21 bits per heavy atom. The van der Waals surface area contributed by atoms with Gasteiger partial charge in [-0.1, -0.05) is 48.1 Å². The molecule has 0 aliphatic carbocycles. The molecule has 0 amide bonds. The van der Waals surface area contributed by atoms with Crippen LogP contribution in [-0.4, -0.2) is 23.3 Å². The molecule has 7 heteroatoms. The molecule has 2 aromatic heterocycles. The van der Waals surface area contributed by atoms with Crippen molar-refractivity contribution in [3.63, 3.8) is 0 Å². The number of aryl methyl sites for hydroxylation is 2. The number of thiocarbonyl (C=S) groups is 1. The highest BCUT2D eigenvalue weighted by Gasteiger charge is 2.39. The van der Waals surface area contributed by atoms with E-state index in [9.17, 15) is 8.42 Å². The highest BCUT2D eigenvalue weighted by atomic mass is 32.2. The van der Waals surface area contributed by atoms with Gasteiger partial charge >= 0.3 is 0 Å². The standard InChI is InChI=1S/C21H23N3O2S2/c1-14-6-8-16(9-7-14)20(27)19-15(2)11-18(24-19)12-21(3,28(22,25)26)17-5-4-10-23-13-17/h4-11,13,24H,12H2,1-3H3,(H2,22,25,26). The minimum Gasteiger partial charge on any atom is -0.357 e. The maximum atomic E-state index is 12.4. The number of nitrogens with zero attached hydrogens (tertiary/aromatic N) is 1. The molecule has 3 aromatic rings. The van der Waals surface area contributed by atoms with Gasteiger partial charge in [-0.2, -0.15) is 0 Å². The number of primary sulfonamides is 1. The van der Waals surface area contributed by atoms with Crippen molar-refractivity contribution in [2.75, 3.05) is 0 Å².